The van der Waals surface area contributed by atoms with E-state index >= 15 is 0 Å². The lowest BCUT2D eigenvalue weighted by Crippen LogP contribution is -2.50. The van der Waals surface area contributed by atoms with Gasteiger partial charge in [-0.25, -0.2) is 4.79 Å². The number of nitrogens with one attached hydrogen (secondary N) is 1. The molecule has 0 spiro atoms. The highest BCUT2D eigenvalue weighted by atomic mass is 16.5. The molecular formula is C20H31N5O4. The van der Waals surface area contributed by atoms with Gasteiger partial charge in [0.25, 0.3) is 0 Å². The Morgan fingerprint density at radius 1 is 1.17 bits per heavy atom. The predicted octanol–water partition coefficient (Wildman–Crippen LogP) is 1.26. The SMILES string of the molecule is CCOC(=O)c1cnn(C)c1NC(=O)CN1CCN(C(=O)CC2CCCC2)CC1. The van der Waals surface area contributed by atoms with Crippen LogP contribution in [0.15, 0.2) is 6.20 Å². The van der Waals surface area contributed by atoms with Gasteiger partial charge in [0.05, 0.1) is 19.3 Å². The van der Waals surface area contributed by atoms with E-state index in [9.17, 15) is 14.4 Å². The predicted molar refractivity (Wildman–Crippen MR) is 107 cm³/mol. The van der Waals surface area contributed by atoms with E-state index in [1.54, 1.807) is 14.0 Å². The number of ether oxygens (including phenoxy) is 1. The smallest absolute Gasteiger partial charge is 0.343 e. The number of anilines is 1. The van der Waals surface area contributed by atoms with Gasteiger partial charge in [-0.05, 0) is 25.7 Å². The molecule has 9 nitrogen and oxygen atoms in total. The third-order valence-electron chi connectivity index (χ3n) is 5.72. The Kier molecular flexibility index (Phi) is 7.24. The van der Waals surface area contributed by atoms with E-state index in [2.05, 4.69) is 10.4 Å². The summed E-state index contributed by atoms with van der Waals surface area (Å²) in [6, 6.07) is 0. The summed E-state index contributed by atoms with van der Waals surface area (Å²) in [5.74, 6) is 0.405. The second-order valence-electron chi connectivity index (χ2n) is 7.81. The van der Waals surface area contributed by atoms with Crippen molar-refractivity contribution >= 4 is 23.6 Å². The number of hydrogen-bond acceptors (Lipinski definition) is 6. The van der Waals surface area contributed by atoms with E-state index in [0.29, 0.717) is 44.3 Å². The van der Waals surface area contributed by atoms with Crippen LogP contribution in [0.25, 0.3) is 0 Å². The Bertz CT molecular complexity index is 733. The van der Waals surface area contributed by atoms with Crippen LogP contribution in [0.3, 0.4) is 0 Å². The average Bonchev–Trinajstić information content (AvgIpc) is 3.33. The maximum Gasteiger partial charge on any atom is 0.343 e. The van der Waals surface area contributed by atoms with Crippen molar-refractivity contribution in [1.82, 2.24) is 19.6 Å². The van der Waals surface area contributed by atoms with Crippen molar-refractivity contribution in [2.75, 3.05) is 44.6 Å². The number of carbonyl (C=O) groups excluding carboxylic acids is 3. The highest BCUT2D eigenvalue weighted by Gasteiger charge is 2.26. The Morgan fingerprint density at radius 3 is 2.52 bits per heavy atom. The van der Waals surface area contributed by atoms with Gasteiger partial charge in [0.1, 0.15) is 11.4 Å². The first kappa shape index (κ1) is 21.3. The van der Waals surface area contributed by atoms with Crippen LogP contribution in [0.4, 0.5) is 5.82 Å². The van der Waals surface area contributed by atoms with Crippen LogP contribution in [0.5, 0.6) is 0 Å². The van der Waals surface area contributed by atoms with E-state index in [-0.39, 0.29) is 30.5 Å². The molecule has 1 aliphatic carbocycles. The number of amides is 2. The number of hydrogen-bond donors (Lipinski definition) is 1. The fourth-order valence-corrected chi connectivity index (χ4v) is 4.06. The largest absolute Gasteiger partial charge is 0.462 e. The van der Waals surface area contributed by atoms with E-state index in [4.69, 9.17) is 4.74 Å². The number of carbonyl (C=O) groups is 3. The van der Waals surface area contributed by atoms with Crippen LogP contribution in [-0.2, 0) is 21.4 Å². The van der Waals surface area contributed by atoms with Crippen molar-refractivity contribution < 1.29 is 19.1 Å². The first-order chi connectivity index (χ1) is 14.0. The Balaban J connectivity index is 1.46. The zero-order chi connectivity index (χ0) is 20.8. The minimum Gasteiger partial charge on any atom is -0.462 e. The first-order valence-corrected chi connectivity index (χ1v) is 10.5. The zero-order valence-electron chi connectivity index (χ0n) is 17.4. The van der Waals surface area contributed by atoms with Crippen molar-refractivity contribution in [3.8, 4) is 0 Å². The molecule has 0 bridgehead atoms. The molecular weight excluding hydrogens is 374 g/mol. The molecule has 0 radical (unpaired) electrons. The highest BCUT2D eigenvalue weighted by Crippen LogP contribution is 2.28. The maximum atomic E-state index is 12.5. The molecule has 29 heavy (non-hydrogen) atoms. The summed E-state index contributed by atoms with van der Waals surface area (Å²) in [4.78, 5) is 40.9. The fourth-order valence-electron chi connectivity index (χ4n) is 4.06. The van der Waals surface area contributed by atoms with Crippen LogP contribution in [0.1, 0.15) is 49.4 Å². The molecule has 1 aromatic rings. The molecule has 2 amide bonds. The van der Waals surface area contributed by atoms with Gasteiger partial charge >= 0.3 is 5.97 Å². The van der Waals surface area contributed by atoms with Crippen molar-refractivity contribution in [3.63, 3.8) is 0 Å². The summed E-state index contributed by atoms with van der Waals surface area (Å²) < 4.78 is 6.45. The normalized spacial score (nSPS) is 18.1. The van der Waals surface area contributed by atoms with Crippen molar-refractivity contribution in [2.45, 2.75) is 39.0 Å². The molecule has 1 aromatic heterocycles. The van der Waals surface area contributed by atoms with Gasteiger partial charge in [0, 0.05) is 39.6 Å². The number of rotatable bonds is 7. The lowest BCUT2D eigenvalue weighted by molar-refractivity contribution is -0.134. The van der Waals surface area contributed by atoms with Gasteiger partial charge in [-0.15, -0.1) is 0 Å². The van der Waals surface area contributed by atoms with Crippen LogP contribution < -0.4 is 5.32 Å². The van der Waals surface area contributed by atoms with Gasteiger partial charge in [0.2, 0.25) is 11.8 Å². The number of piperazine rings is 1. The number of aromatic nitrogens is 2. The summed E-state index contributed by atoms with van der Waals surface area (Å²) in [7, 11) is 1.66. The summed E-state index contributed by atoms with van der Waals surface area (Å²) in [6.45, 7) is 4.82. The topological polar surface area (TPSA) is 96.8 Å². The first-order valence-electron chi connectivity index (χ1n) is 10.5. The lowest BCUT2D eigenvalue weighted by atomic mass is 10.0. The van der Waals surface area contributed by atoms with Gasteiger partial charge in [-0.1, -0.05) is 12.8 Å². The van der Waals surface area contributed by atoms with Gasteiger partial charge in [0.15, 0.2) is 0 Å². The zero-order valence-corrected chi connectivity index (χ0v) is 17.4. The second-order valence-corrected chi connectivity index (χ2v) is 7.81. The molecule has 3 rings (SSSR count). The number of esters is 1. The third-order valence-corrected chi connectivity index (χ3v) is 5.72. The van der Waals surface area contributed by atoms with Crippen molar-refractivity contribution in [3.05, 3.63) is 11.8 Å². The molecule has 1 N–H and O–H groups in total. The quantitative estimate of drug-likeness (QED) is 0.686. The van der Waals surface area contributed by atoms with Crippen LogP contribution >= 0.6 is 0 Å². The summed E-state index contributed by atoms with van der Waals surface area (Å²) in [5.41, 5.74) is 0.241. The van der Waals surface area contributed by atoms with Gasteiger partial charge in [-0.3, -0.25) is 19.2 Å². The van der Waals surface area contributed by atoms with Crippen LogP contribution in [0, 0.1) is 5.92 Å². The minimum absolute atomic E-state index is 0.206. The van der Waals surface area contributed by atoms with E-state index in [0.717, 1.165) is 0 Å². The molecule has 0 aromatic carbocycles. The molecule has 1 saturated carbocycles. The maximum absolute atomic E-state index is 12.5. The standard InChI is InChI=1S/C20H31N5O4/c1-3-29-20(28)16-13-21-23(2)19(16)22-17(26)14-24-8-10-25(11-9-24)18(27)12-15-6-4-5-7-15/h13,15H,3-12,14H2,1-2H3,(H,22,26). The molecule has 1 aliphatic heterocycles. The van der Waals surface area contributed by atoms with Crippen LogP contribution in [0.2, 0.25) is 0 Å². The highest BCUT2D eigenvalue weighted by molar-refractivity contribution is 6.00. The van der Waals surface area contributed by atoms with E-state index in [1.807, 2.05) is 9.80 Å². The lowest BCUT2D eigenvalue weighted by Gasteiger charge is -2.34. The molecule has 2 fully saturated rings. The van der Waals surface area contributed by atoms with Crippen molar-refractivity contribution in [1.29, 1.82) is 0 Å². The monoisotopic (exact) mass is 405 g/mol. The number of aryl methyl sites for hydroxylation is 1. The van der Waals surface area contributed by atoms with E-state index in [1.165, 1.54) is 36.6 Å². The molecule has 2 aliphatic rings. The summed E-state index contributed by atoms with van der Waals surface area (Å²) in [6.07, 6.45) is 6.89. The second kappa shape index (κ2) is 9.87. The molecule has 2 heterocycles. The Morgan fingerprint density at radius 2 is 1.86 bits per heavy atom. The molecule has 0 atom stereocenters. The van der Waals surface area contributed by atoms with Gasteiger partial charge in [-0.2, -0.15) is 5.10 Å². The molecule has 9 heteroatoms. The van der Waals surface area contributed by atoms with Crippen molar-refractivity contribution in [2.24, 2.45) is 13.0 Å². The molecule has 1 saturated heterocycles. The number of nitrogens with zero attached hydrogens (tertiary/aromatic N) is 4. The molecule has 160 valence electrons. The molecule has 0 unspecified atom stereocenters. The summed E-state index contributed by atoms with van der Waals surface area (Å²) >= 11 is 0. The average molecular weight is 405 g/mol. The van der Waals surface area contributed by atoms with Gasteiger partial charge < -0.3 is 15.0 Å². The van der Waals surface area contributed by atoms with E-state index < -0.39 is 5.97 Å². The Hall–Kier alpha value is -2.42. The summed E-state index contributed by atoms with van der Waals surface area (Å²) in [5, 5.41) is 6.80. The third kappa shape index (κ3) is 5.56. The van der Waals surface area contributed by atoms with Crippen LogP contribution in [-0.4, -0.2) is 76.7 Å². The Labute approximate surface area is 171 Å². The minimum atomic E-state index is -0.509. The fraction of sp³-hybridized carbons (Fsp3) is 0.700.